The van der Waals surface area contributed by atoms with E-state index in [9.17, 15) is 4.39 Å². The molecule has 18 heavy (non-hydrogen) atoms. The van der Waals surface area contributed by atoms with Gasteiger partial charge in [0.15, 0.2) is 0 Å². The molecule has 2 aliphatic rings. The van der Waals surface area contributed by atoms with E-state index in [2.05, 4.69) is 15.9 Å². The first-order chi connectivity index (χ1) is 8.56. The smallest absolute Gasteiger partial charge is 0.137 e. The van der Waals surface area contributed by atoms with Crippen molar-refractivity contribution in [2.75, 3.05) is 0 Å². The summed E-state index contributed by atoms with van der Waals surface area (Å²) in [6.45, 7) is 0. The van der Waals surface area contributed by atoms with E-state index in [1.54, 1.807) is 6.07 Å². The quantitative estimate of drug-likeness (QED) is 0.922. The van der Waals surface area contributed by atoms with E-state index in [0.717, 1.165) is 37.0 Å². The van der Waals surface area contributed by atoms with Gasteiger partial charge in [-0.05, 0) is 66.6 Å². The minimum Gasteiger partial charge on any atom is -0.489 e. The highest BCUT2D eigenvalue weighted by atomic mass is 79.9. The van der Waals surface area contributed by atoms with E-state index in [0.29, 0.717) is 17.0 Å². The topological polar surface area (TPSA) is 35.2 Å². The molecule has 0 aromatic heterocycles. The maximum Gasteiger partial charge on any atom is 0.137 e. The molecule has 0 atom stereocenters. The van der Waals surface area contributed by atoms with E-state index < -0.39 is 0 Å². The van der Waals surface area contributed by atoms with Crippen molar-refractivity contribution in [2.24, 2.45) is 5.73 Å². The van der Waals surface area contributed by atoms with Crippen molar-refractivity contribution in [2.45, 2.75) is 50.2 Å². The normalized spacial score (nSPS) is 21.5. The highest BCUT2D eigenvalue weighted by molar-refractivity contribution is 9.10. The molecule has 0 aliphatic heterocycles. The van der Waals surface area contributed by atoms with Gasteiger partial charge in [0.05, 0.1) is 10.6 Å². The number of hydrogen-bond donors (Lipinski definition) is 1. The molecule has 1 aromatic rings. The Morgan fingerprint density at radius 2 is 2.11 bits per heavy atom. The Labute approximate surface area is 115 Å². The molecule has 1 aromatic carbocycles. The molecule has 0 amide bonds. The predicted molar refractivity (Wildman–Crippen MR) is 72.2 cm³/mol. The molecule has 0 spiro atoms. The van der Waals surface area contributed by atoms with Gasteiger partial charge in [0.2, 0.25) is 0 Å². The fraction of sp³-hybridized carbons (Fsp3) is 0.571. The molecule has 2 N–H and O–H groups in total. The van der Waals surface area contributed by atoms with E-state index in [1.165, 1.54) is 12.5 Å². The van der Waals surface area contributed by atoms with Crippen LogP contribution in [0.3, 0.4) is 0 Å². The lowest BCUT2D eigenvalue weighted by atomic mass is 9.96. The van der Waals surface area contributed by atoms with Crippen LogP contribution < -0.4 is 10.5 Å². The maximum absolute atomic E-state index is 13.5. The molecule has 3 rings (SSSR count). The molecule has 0 heterocycles. The molecule has 0 bridgehead atoms. The molecule has 98 valence electrons. The van der Waals surface area contributed by atoms with E-state index in [1.807, 2.05) is 0 Å². The number of rotatable bonds is 4. The average Bonchev–Trinajstić information content (AvgIpc) is 2.92. The molecule has 0 saturated heterocycles. The number of benzene rings is 1. The van der Waals surface area contributed by atoms with Gasteiger partial charge in [-0.3, -0.25) is 0 Å². The summed E-state index contributed by atoms with van der Waals surface area (Å²) in [6, 6.07) is 3.03. The summed E-state index contributed by atoms with van der Waals surface area (Å²) in [5, 5.41) is 0. The zero-order chi connectivity index (χ0) is 12.8. The van der Waals surface area contributed by atoms with Crippen molar-refractivity contribution in [1.29, 1.82) is 0 Å². The van der Waals surface area contributed by atoms with Gasteiger partial charge in [-0.2, -0.15) is 0 Å². The summed E-state index contributed by atoms with van der Waals surface area (Å²) in [5.41, 5.74) is 6.89. The second-order valence-corrected chi connectivity index (χ2v) is 6.44. The highest BCUT2D eigenvalue weighted by Gasteiger charge is 2.39. The second kappa shape index (κ2) is 4.49. The molecule has 4 heteroatoms. The summed E-state index contributed by atoms with van der Waals surface area (Å²) < 4.78 is 20.2. The van der Waals surface area contributed by atoms with Crippen LogP contribution in [0.1, 0.15) is 37.7 Å². The summed E-state index contributed by atoms with van der Waals surface area (Å²) in [4.78, 5) is 0. The fourth-order valence-corrected chi connectivity index (χ4v) is 2.82. The molecule has 0 radical (unpaired) electrons. The SMILES string of the molecule is NC1(Cc2cc(F)cc(Br)c2OC2CCC2)CC1. The van der Waals surface area contributed by atoms with Gasteiger partial charge in [-0.15, -0.1) is 0 Å². The largest absolute Gasteiger partial charge is 0.489 e. The zero-order valence-electron chi connectivity index (χ0n) is 10.2. The Bertz CT molecular complexity index is 469. The van der Waals surface area contributed by atoms with Crippen molar-refractivity contribution in [3.63, 3.8) is 0 Å². The lowest BCUT2D eigenvalue weighted by Crippen LogP contribution is -2.28. The average molecular weight is 314 g/mol. The van der Waals surface area contributed by atoms with Gasteiger partial charge in [0.25, 0.3) is 0 Å². The maximum atomic E-state index is 13.5. The van der Waals surface area contributed by atoms with Crippen LogP contribution in [-0.4, -0.2) is 11.6 Å². The molecular weight excluding hydrogens is 297 g/mol. The zero-order valence-corrected chi connectivity index (χ0v) is 11.8. The molecule has 2 fully saturated rings. The standard InChI is InChI=1S/C14H17BrFNO/c15-12-7-10(16)6-9(8-14(17)4-5-14)13(12)18-11-2-1-3-11/h6-7,11H,1-5,8,17H2. The summed E-state index contributed by atoms with van der Waals surface area (Å²) >= 11 is 3.40. The van der Waals surface area contributed by atoms with E-state index >= 15 is 0 Å². The van der Waals surface area contributed by atoms with Gasteiger partial charge in [0.1, 0.15) is 11.6 Å². The van der Waals surface area contributed by atoms with Crippen molar-refractivity contribution < 1.29 is 9.13 Å². The Kier molecular flexibility index (Phi) is 3.10. The number of nitrogens with two attached hydrogens (primary N) is 1. The Balaban J connectivity index is 1.87. The summed E-state index contributed by atoms with van der Waals surface area (Å²) in [5.74, 6) is 0.555. The Morgan fingerprint density at radius 3 is 2.67 bits per heavy atom. The molecule has 2 aliphatic carbocycles. The minimum absolute atomic E-state index is 0.134. The minimum atomic E-state index is -0.234. The molecule has 2 nitrogen and oxygen atoms in total. The van der Waals surface area contributed by atoms with Crippen LogP contribution in [0, 0.1) is 5.82 Å². The van der Waals surface area contributed by atoms with Crippen LogP contribution in [0.15, 0.2) is 16.6 Å². The first-order valence-corrected chi connectivity index (χ1v) is 7.28. The van der Waals surface area contributed by atoms with Gasteiger partial charge in [0, 0.05) is 11.1 Å². The molecule has 2 saturated carbocycles. The van der Waals surface area contributed by atoms with Gasteiger partial charge < -0.3 is 10.5 Å². The molecular formula is C14H17BrFNO. The van der Waals surface area contributed by atoms with Crippen LogP contribution >= 0.6 is 15.9 Å². The Morgan fingerprint density at radius 1 is 1.39 bits per heavy atom. The lowest BCUT2D eigenvalue weighted by molar-refractivity contribution is 0.118. The first kappa shape index (κ1) is 12.4. The van der Waals surface area contributed by atoms with Gasteiger partial charge >= 0.3 is 0 Å². The third kappa shape index (κ3) is 2.54. The van der Waals surface area contributed by atoms with Crippen molar-refractivity contribution >= 4 is 15.9 Å². The van der Waals surface area contributed by atoms with Crippen LogP contribution in [0.4, 0.5) is 4.39 Å². The predicted octanol–water partition coefficient (Wildman–Crippen LogP) is 3.55. The Hall–Kier alpha value is -0.610. The van der Waals surface area contributed by atoms with Crippen molar-refractivity contribution in [3.8, 4) is 5.75 Å². The van der Waals surface area contributed by atoms with E-state index in [4.69, 9.17) is 10.5 Å². The van der Waals surface area contributed by atoms with Crippen LogP contribution in [0.2, 0.25) is 0 Å². The summed E-state index contributed by atoms with van der Waals surface area (Å²) in [6.07, 6.45) is 6.44. The van der Waals surface area contributed by atoms with Crippen LogP contribution in [0.25, 0.3) is 0 Å². The fourth-order valence-electron chi connectivity index (χ4n) is 2.25. The first-order valence-electron chi connectivity index (χ1n) is 6.49. The van der Waals surface area contributed by atoms with Crippen LogP contribution in [0.5, 0.6) is 5.75 Å². The highest BCUT2D eigenvalue weighted by Crippen LogP contribution is 2.41. The van der Waals surface area contributed by atoms with Gasteiger partial charge in [-0.25, -0.2) is 4.39 Å². The van der Waals surface area contributed by atoms with Gasteiger partial charge in [-0.1, -0.05) is 0 Å². The summed E-state index contributed by atoms with van der Waals surface area (Å²) in [7, 11) is 0. The second-order valence-electron chi connectivity index (χ2n) is 5.59. The van der Waals surface area contributed by atoms with E-state index in [-0.39, 0.29) is 11.4 Å². The molecule has 0 unspecified atom stereocenters. The monoisotopic (exact) mass is 313 g/mol. The van der Waals surface area contributed by atoms with Crippen LogP contribution in [-0.2, 0) is 6.42 Å². The van der Waals surface area contributed by atoms with Crippen molar-refractivity contribution in [3.05, 3.63) is 28.0 Å². The number of hydrogen-bond acceptors (Lipinski definition) is 2. The third-order valence-electron chi connectivity index (χ3n) is 3.86. The third-order valence-corrected chi connectivity index (χ3v) is 4.45. The lowest BCUT2D eigenvalue weighted by Gasteiger charge is -2.28. The van der Waals surface area contributed by atoms with Crippen molar-refractivity contribution in [1.82, 2.24) is 0 Å². The number of ether oxygens (including phenoxy) is 1. The number of halogens is 2.